The zero-order valence-electron chi connectivity index (χ0n) is 9.67. The summed E-state index contributed by atoms with van der Waals surface area (Å²) in [6.07, 6.45) is 0. The van der Waals surface area contributed by atoms with Gasteiger partial charge in [-0.15, -0.1) is 0 Å². The molecule has 0 saturated heterocycles. The molecule has 0 saturated carbocycles. The lowest BCUT2D eigenvalue weighted by molar-refractivity contribution is -0.121. The highest BCUT2D eigenvalue weighted by Gasteiger charge is 2.11. The quantitative estimate of drug-likeness (QED) is 0.891. The third-order valence-electron chi connectivity index (χ3n) is 2.13. The molecule has 0 bridgehead atoms. The fourth-order valence-electron chi connectivity index (χ4n) is 1.24. The number of aromatic nitrogens is 1. The third kappa shape index (κ3) is 3.48. The monoisotopic (exact) mass is 285 g/mol. The molecule has 1 unspecified atom stereocenters. The molecule has 88 valence electrons. The summed E-state index contributed by atoms with van der Waals surface area (Å²) in [6.45, 7) is 6.25. The van der Waals surface area contributed by atoms with Crippen LogP contribution in [-0.4, -0.2) is 23.5 Å². The number of nitrogens with one attached hydrogen (secondary N) is 2. The van der Waals surface area contributed by atoms with E-state index < -0.39 is 0 Å². The van der Waals surface area contributed by atoms with E-state index in [1.807, 2.05) is 32.9 Å². The Morgan fingerprint density at radius 3 is 2.81 bits per heavy atom. The van der Waals surface area contributed by atoms with Crippen LogP contribution < -0.4 is 10.6 Å². The molecule has 0 aliphatic rings. The summed E-state index contributed by atoms with van der Waals surface area (Å²) < 4.78 is 0.962. The number of halogens is 1. The molecule has 2 N–H and O–H groups in total. The SMILES string of the molecule is CCNC(=O)C(C)Nc1ccc(Br)c(C)n1. The molecule has 0 radical (unpaired) electrons. The number of likely N-dealkylation sites (N-methyl/N-ethyl adjacent to an activating group) is 1. The van der Waals surface area contributed by atoms with E-state index in [-0.39, 0.29) is 11.9 Å². The summed E-state index contributed by atoms with van der Waals surface area (Å²) in [5.41, 5.74) is 0.896. The first kappa shape index (κ1) is 13.0. The number of rotatable bonds is 4. The Morgan fingerprint density at radius 2 is 2.25 bits per heavy atom. The van der Waals surface area contributed by atoms with E-state index in [9.17, 15) is 4.79 Å². The zero-order valence-corrected chi connectivity index (χ0v) is 11.3. The first-order valence-electron chi connectivity index (χ1n) is 5.22. The molecule has 0 spiro atoms. The summed E-state index contributed by atoms with van der Waals surface area (Å²) in [7, 11) is 0. The second kappa shape index (κ2) is 5.84. The summed E-state index contributed by atoms with van der Waals surface area (Å²) in [4.78, 5) is 15.8. The van der Waals surface area contributed by atoms with Crippen LogP contribution in [0.1, 0.15) is 19.5 Å². The molecule has 1 heterocycles. The number of carbonyl (C=O) groups excluding carboxylic acids is 1. The van der Waals surface area contributed by atoms with Crippen molar-refractivity contribution in [3.63, 3.8) is 0 Å². The number of nitrogens with zero attached hydrogens (tertiary/aromatic N) is 1. The van der Waals surface area contributed by atoms with E-state index >= 15 is 0 Å². The summed E-state index contributed by atoms with van der Waals surface area (Å²) >= 11 is 3.38. The van der Waals surface area contributed by atoms with Crippen LogP contribution in [0.15, 0.2) is 16.6 Å². The molecule has 1 aromatic rings. The molecule has 1 atom stereocenters. The van der Waals surface area contributed by atoms with Crippen LogP contribution in [0, 0.1) is 6.92 Å². The lowest BCUT2D eigenvalue weighted by Crippen LogP contribution is -2.37. The van der Waals surface area contributed by atoms with Gasteiger partial charge in [-0.2, -0.15) is 0 Å². The van der Waals surface area contributed by atoms with Crippen LogP contribution in [0.5, 0.6) is 0 Å². The van der Waals surface area contributed by atoms with E-state index in [0.717, 1.165) is 10.2 Å². The van der Waals surface area contributed by atoms with Crippen molar-refractivity contribution in [1.82, 2.24) is 10.3 Å². The molecule has 4 nitrogen and oxygen atoms in total. The van der Waals surface area contributed by atoms with E-state index in [0.29, 0.717) is 12.4 Å². The lowest BCUT2D eigenvalue weighted by Gasteiger charge is -2.14. The van der Waals surface area contributed by atoms with Gasteiger partial charge in [-0.1, -0.05) is 0 Å². The van der Waals surface area contributed by atoms with Crippen LogP contribution in [0.4, 0.5) is 5.82 Å². The van der Waals surface area contributed by atoms with Crippen molar-refractivity contribution in [2.75, 3.05) is 11.9 Å². The van der Waals surface area contributed by atoms with Crippen molar-refractivity contribution >= 4 is 27.7 Å². The fourth-order valence-corrected chi connectivity index (χ4v) is 1.46. The van der Waals surface area contributed by atoms with Gasteiger partial charge in [0.2, 0.25) is 5.91 Å². The Bertz CT molecular complexity index is 381. The Balaban J connectivity index is 2.66. The van der Waals surface area contributed by atoms with Gasteiger partial charge in [-0.05, 0) is 48.8 Å². The average Bonchev–Trinajstić information content (AvgIpc) is 2.24. The average molecular weight is 286 g/mol. The molecule has 0 aromatic carbocycles. The molecule has 0 aliphatic carbocycles. The van der Waals surface area contributed by atoms with Gasteiger partial charge in [0.1, 0.15) is 11.9 Å². The maximum atomic E-state index is 11.5. The van der Waals surface area contributed by atoms with Gasteiger partial charge in [0.25, 0.3) is 0 Å². The maximum absolute atomic E-state index is 11.5. The van der Waals surface area contributed by atoms with Crippen molar-refractivity contribution in [2.45, 2.75) is 26.8 Å². The number of hydrogen-bond acceptors (Lipinski definition) is 3. The van der Waals surface area contributed by atoms with Crippen molar-refractivity contribution in [1.29, 1.82) is 0 Å². The molecule has 0 fully saturated rings. The second-order valence-corrected chi connectivity index (χ2v) is 4.38. The highest BCUT2D eigenvalue weighted by Crippen LogP contribution is 2.16. The zero-order chi connectivity index (χ0) is 12.1. The number of amides is 1. The minimum Gasteiger partial charge on any atom is -0.359 e. The second-order valence-electron chi connectivity index (χ2n) is 3.52. The normalized spacial score (nSPS) is 12.0. The minimum atomic E-state index is -0.284. The Kier molecular flexibility index (Phi) is 4.73. The van der Waals surface area contributed by atoms with Crippen LogP contribution in [0.25, 0.3) is 0 Å². The number of carbonyl (C=O) groups is 1. The van der Waals surface area contributed by atoms with Crippen molar-refractivity contribution < 1.29 is 4.79 Å². The molecule has 1 rings (SSSR count). The van der Waals surface area contributed by atoms with Gasteiger partial charge in [0.15, 0.2) is 0 Å². The Labute approximate surface area is 104 Å². The van der Waals surface area contributed by atoms with Gasteiger partial charge in [0, 0.05) is 11.0 Å². The predicted octanol–water partition coefficient (Wildman–Crippen LogP) is 2.09. The van der Waals surface area contributed by atoms with Crippen LogP contribution >= 0.6 is 15.9 Å². The van der Waals surface area contributed by atoms with Crippen molar-refractivity contribution in [3.05, 3.63) is 22.3 Å². The standard InChI is InChI=1S/C11H16BrN3O/c1-4-13-11(16)8(3)15-10-6-5-9(12)7(2)14-10/h5-6,8H,4H2,1-3H3,(H,13,16)(H,14,15). The van der Waals surface area contributed by atoms with E-state index in [1.165, 1.54) is 0 Å². The molecule has 5 heteroatoms. The summed E-state index contributed by atoms with van der Waals surface area (Å²) in [5, 5.41) is 5.80. The number of pyridine rings is 1. The van der Waals surface area contributed by atoms with Gasteiger partial charge in [-0.3, -0.25) is 4.79 Å². The summed E-state index contributed by atoms with van der Waals surface area (Å²) in [6, 6.07) is 3.47. The van der Waals surface area contributed by atoms with Gasteiger partial charge in [0.05, 0.1) is 5.69 Å². The Morgan fingerprint density at radius 1 is 1.56 bits per heavy atom. The molecular weight excluding hydrogens is 270 g/mol. The largest absolute Gasteiger partial charge is 0.359 e. The van der Waals surface area contributed by atoms with Gasteiger partial charge >= 0.3 is 0 Å². The first-order valence-corrected chi connectivity index (χ1v) is 6.01. The van der Waals surface area contributed by atoms with Gasteiger partial charge < -0.3 is 10.6 Å². The van der Waals surface area contributed by atoms with Crippen LogP contribution in [0.3, 0.4) is 0 Å². The maximum Gasteiger partial charge on any atom is 0.242 e. The molecular formula is C11H16BrN3O. The van der Waals surface area contributed by atoms with Gasteiger partial charge in [-0.25, -0.2) is 4.98 Å². The molecule has 1 amide bonds. The van der Waals surface area contributed by atoms with Crippen molar-refractivity contribution in [2.24, 2.45) is 0 Å². The predicted molar refractivity (Wildman–Crippen MR) is 68.4 cm³/mol. The molecule has 1 aromatic heterocycles. The third-order valence-corrected chi connectivity index (χ3v) is 2.97. The van der Waals surface area contributed by atoms with Crippen LogP contribution in [0.2, 0.25) is 0 Å². The first-order chi connectivity index (χ1) is 7.54. The Hall–Kier alpha value is -1.10. The van der Waals surface area contributed by atoms with E-state index in [1.54, 1.807) is 0 Å². The number of aryl methyl sites for hydroxylation is 1. The van der Waals surface area contributed by atoms with Crippen LogP contribution in [-0.2, 0) is 4.79 Å². The molecule has 0 aliphatic heterocycles. The fraction of sp³-hybridized carbons (Fsp3) is 0.455. The lowest BCUT2D eigenvalue weighted by atomic mass is 10.3. The number of anilines is 1. The highest BCUT2D eigenvalue weighted by molar-refractivity contribution is 9.10. The van der Waals surface area contributed by atoms with E-state index in [2.05, 4.69) is 31.5 Å². The number of hydrogen-bond donors (Lipinski definition) is 2. The smallest absolute Gasteiger partial charge is 0.242 e. The van der Waals surface area contributed by atoms with E-state index in [4.69, 9.17) is 0 Å². The van der Waals surface area contributed by atoms with Crippen molar-refractivity contribution in [3.8, 4) is 0 Å². The highest BCUT2D eigenvalue weighted by atomic mass is 79.9. The minimum absolute atomic E-state index is 0.0233. The topological polar surface area (TPSA) is 54.0 Å². The molecule has 16 heavy (non-hydrogen) atoms. The summed E-state index contributed by atoms with van der Waals surface area (Å²) in [5.74, 6) is 0.685.